The Balaban J connectivity index is 2.45. The largest absolute Gasteiger partial charge is 0.238 e. The Hall–Kier alpha value is -1.44. The van der Waals surface area contributed by atoms with Crippen LogP contribution in [0.5, 0.6) is 0 Å². The summed E-state index contributed by atoms with van der Waals surface area (Å²) in [4.78, 5) is 8.86. The van der Waals surface area contributed by atoms with Gasteiger partial charge in [-0.15, -0.1) is 0 Å². The van der Waals surface area contributed by atoms with Crippen molar-refractivity contribution in [1.82, 2.24) is 9.97 Å². The summed E-state index contributed by atoms with van der Waals surface area (Å²) in [6.07, 6.45) is 3.64. The van der Waals surface area contributed by atoms with Crippen LogP contribution in [-0.2, 0) is 6.42 Å². The van der Waals surface area contributed by atoms with Crippen molar-refractivity contribution in [2.24, 2.45) is 0 Å². The lowest BCUT2D eigenvalue weighted by Gasteiger charge is -2.05. The normalized spacial score (nSPS) is 10.9. The number of hydrogen-bond donors (Lipinski definition) is 0. The van der Waals surface area contributed by atoms with Gasteiger partial charge in [-0.2, -0.15) is 0 Å². The average Bonchev–Trinajstić information content (AvgIpc) is 2.26. The Labute approximate surface area is 96.7 Å². The molecule has 0 saturated carbocycles. The molecule has 2 heteroatoms. The fourth-order valence-corrected chi connectivity index (χ4v) is 2.01. The van der Waals surface area contributed by atoms with Crippen molar-refractivity contribution >= 4 is 10.9 Å². The maximum absolute atomic E-state index is 4.45. The summed E-state index contributed by atoms with van der Waals surface area (Å²) < 4.78 is 0. The Bertz CT molecular complexity index is 503. The monoisotopic (exact) mass is 214 g/mol. The summed E-state index contributed by atoms with van der Waals surface area (Å²) in [5.41, 5.74) is 3.54. The van der Waals surface area contributed by atoms with Gasteiger partial charge in [-0.1, -0.05) is 19.4 Å². The second-order valence-corrected chi connectivity index (χ2v) is 4.31. The van der Waals surface area contributed by atoms with Crippen LogP contribution in [-0.4, -0.2) is 9.97 Å². The first kappa shape index (κ1) is 11.1. The van der Waals surface area contributed by atoms with Crippen LogP contribution in [0.1, 0.15) is 36.8 Å². The molecular weight excluding hydrogens is 196 g/mol. The second-order valence-electron chi connectivity index (χ2n) is 4.31. The molecule has 0 aliphatic rings. The molecule has 2 rings (SSSR count). The maximum Gasteiger partial charge on any atom is 0.126 e. The van der Waals surface area contributed by atoms with E-state index in [2.05, 4.69) is 42.0 Å². The summed E-state index contributed by atoms with van der Waals surface area (Å²) in [5.74, 6) is 0.853. The number of aromatic nitrogens is 2. The van der Waals surface area contributed by atoms with Gasteiger partial charge in [0, 0.05) is 11.1 Å². The van der Waals surface area contributed by atoms with E-state index in [-0.39, 0.29) is 0 Å². The van der Waals surface area contributed by atoms with Crippen LogP contribution >= 0.6 is 0 Å². The van der Waals surface area contributed by atoms with Crippen molar-refractivity contribution < 1.29 is 0 Å². The zero-order valence-electron chi connectivity index (χ0n) is 10.2. The Morgan fingerprint density at radius 1 is 1.12 bits per heavy atom. The average molecular weight is 214 g/mol. The molecule has 0 aliphatic heterocycles. The highest BCUT2D eigenvalue weighted by molar-refractivity contribution is 5.81. The van der Waals surface area contributed by atoms with Crippen molar-refractivity contribution in [1.29, 1.82) is 0 Å². The fourth-order valence-electron chi connectivity index (χ4n) is 2.01. The first-order valence-corrected chi connectivity index (χ1v) is 5.94. The Morgan fingerprint density at radius 2 is 1.94 bits per heavy atom. The number of aryl methyl sites for hydroxylation is 3. The molecule has 1 heterocycles. The van der Waals surface area contributed by atoms with Gasteiger partial charge in [-0.05, 0) is 44.4 Å². The zero-order valence-corrected chi connectivity index (χ0v) is 10.2. The van der Waals surface area contributed by atoms with Crippen LogP contribution in [0.3, 0.4) is 0 Å². The molecule has 2 nitrogen and oxygen atoms in total. The van der Waals surface area contributed by atoms with Gasteiger partial charge in [0.05, 0.1) is 5.52 Å². The van der Waals surface area contributed by atoms with Crippen LogP contribution in [0.25, 0.3) is 10.9 Å². The molecule has 84 valence electrons. The molecule has 0 aliphatic carbocycles. The van der Waals surface area contributed by atoms with Gasteiger partial charge in [-0.3, -0.25) is 0 Å². The van der Waals surface area contributed by atoms with E-state index in [0.717, 1.165) is 23.5 Å². The van der Waals surface area contributed by atoms with Crippen LogP contribution in [0.15, 0.2) is 18.2 Å². The third-order valence-corrected chi connectivity index (χ3v) is 2.88. The lowest BCUT2D eigenvalue weighted by atomic mass is 10.1. The van der Waals surface area contributed by atoms with Gasteiger partial charge in [-0.25, -0.2) is 9.97 Å². The Kier molecular flexibility index (Phi) is 3.18. The van der Waals surface area contributed by atoms with E-state index in [1.807, 2.05) is 6.92 Å². The molecule has 0 amide bonds. The molecule has 0 fully saturated rings. The summed E-state index contributed by atoms with van der Waals surface area (Å²) >= 11 is 0. The number of nitrogens with zero attached hydrogens (tertiary/aromatic N) is 2. The van der Waals surface area contributed by atoms with Crippen molar-refractivity contribution in [2.75, 3.05) is 0 Å². The molecule has 1 aromatic heterocycles. The minimum Gasteiger partial charge on any atom is -0.238 e. The molecule has 2 aromatic rings. The number of fused-ring (bicyclic) bond motifs is 1. The minimum atomic E-state index is 0.853. The van der Waals surface area contributed by atoms with E-state index in [9.17, 15) is 0 Å². The van der Waals surface area contributed by atoms with Crippen LogP contribution in [0.2, 0.25) is 0 Å². The lowest BCUT2D eigenvalue weighted by molar-refractivity contribution is 0.795. The fraction of sp³-hybridized carbons (Fsp3) is 0.429. The topological polar surface area (TPSA) is 25.8 Å². The zero-order chi connectivity index (χ0) is 11.5. The molecule has 1 aromatic carbocycles. The molecular formula is C14H18N2. The molecule has 0 radical (unpaired) electrons. The highest BCUT2D eigenvalue weighted by Crippen LogP contribution is 2.18. The minimum absolute atomic E-state index is 0.853. The summed E-state index contributed by atoms with van der Waals surface area (Å²) in [5, 5.41) is 1.19. The van der Waals surface area contributed by atoms with Gasteiger partial charge >= 0.3 is 0 Å². The lowest BCUT2D eigenvalue weighted by Crippen LogP contribution is -1.94. The predicted molar refractivity (Wildman–Crippen MR) is 67.6 cm³/mol. The number of benzene rings is 1. The Morgan fingerprint density at radius 3 is 2.69 bits per heavy atom. The van der Waals surface area contributed by atoms with E-state index < -0.39 is 0 Å². The molecule has 0 saturated heterocycles. The summed E-state index contributed by atoms with van der Waals surface area (Å²) in [6.45, 7) is 6.22. The third kappa shape index (κ3) is 2.21. The third-order valence-electron chi connectivity index (χ3n) is 2.88. The molecule has 0 bridgehead atoms. The van der Waals surface area contributed by atoms with Gasteiger partial charge in [0.2, 0.25) is 0 Å². The van der Waals surface area contributed by atoms with Gasteiger partial charge < -0.3 is 0 Å². The van der Waals surface area contributed by atoms with E-state index in [4.69, 9.17) is 0 Å². The first-order chi connectivity index (χ1) is 7.70. The first-order valence-electron chi connectivity index (χ1n) is 5.94. The standard InChI is InChI=1S/C14H18N2/c1-4-5-6-12-7-8-14-13(9-12)10(2)15-11(3)16-14/h7-9H,4-6H2,1-3H3. The summed E-state index contributed by atoms with van der Waals surface area (Å²) in [7, 11) is 0. The van der Waals surface area contributed by atoms with Gasteiger partial charge in [0.15, 0.2) is 0 Å². The van der Waals surface area contributed by atoms with Crippen LogP contribution in [0, 0.1) is 13.8 Å². The highest BCUT2D eigenvalue weighted by Gasteiger charge is 2.02. The number of unbranched alkanes of at least 4 members (excludes halogenated alkanes) is 1. The molecule has 0 N–H and O–H groups in total. The van der Waals surface area contributed by atoms with E-state index in [0.29, 0.717) is 0 Å². The molecule has 16 heavy (non-hydrogen) atoms. The van der Waals surface area contributed by atoms with Crippen molar-refractivity contribution in [3.63, 3.8) is 0 Å². The highest BCUT2D eigenvalue weighted by atomic mass is 14.9. The van der Waals surface area contributed by atoms with Crippen molar-refractivity contribution in [3.8, 4) is 0 Å². The second kappa shape index (κ2) is 4.60. The van der Waals surface area contributed by atoms with Gasteiger partial charge in [0.1, 0.15) is 5.82 Å². The SMILES string of the molecule is CCCCc1ccc2nc(C)nc(C)c2c1. The molecule has 0 atom stereocenters. The van der Waals surface area contributed by atoms with E-state index in [1.165, 1.54) is 23.8 Å². The number of hydrogen-bond acceptors (Lipinski definition) is 2. The number of rotatable bonds is 3. The predicted octanol–water partition coefficient (Wildman–Crippen LogP) is 3.59. The quantitative estimate of drug-likeness (QED) is 0.780. The van der Waals surface area contributed by atoms with Crippen LogP contribution in [0.4, 0.5) is 0 Å². The maximum atomic E-state index is 4.45. The van der Waals surface area contributed by atoms with Gasteiger partial charge in [0.25, 0.3) is 0 Å². The van der Waals surface area contributed by atoms with E-state index in [1.54, 1.807) is 0 Å². The molecule has 0 spiro atoms. The van der Waals surface area contributed by atoms with Crippen LogP contribution < -0.4 is 0 Å². The molecule has 0 unspecified atom stereocenters. The summed E-state index contributed by atoms with van der Waals surface area (Å²) in [6, 6.07) is 6.53. The van der Waals surface area contributed by atoms with Crippen molar-refractivity contribution in [2.45, 2.75) is 40.0 Å². The van der Waals surface area contributed by atoms with E-state index >= 15 is 0 Å². The smallest absolute Gasteiger partial charge is 0.126 e. The van der Waals surface area contributed by atoms with Crippen molar-refractivity contribution in [3.05, 3.63) is 35.3 Å².